The predicted molar refractivity (Wildman–Crippen MR) is 138 cm³/mol. The molecule has 3 aromatic rings. The number of piperazine rings is 1. The quantitative estimate of drug-likeness (QED) is 0.477. The maximum absolute atomic E-state index is 12.7. The molecule has 2 amide bonds. The van der Waals surface area contributed by atoms with Crippen LogP contribution in [0, 0.1) is 0 Å². The van der Waals surface area contributed by atoms with Gasteiger partial charge in [-0.3, -0.25) is 9.36 Å². The Bertz CT molecular complexity index is 1300. The van der Waals surface area contributed by atoms with E-state index in [-0.39, 0.29) is 18.2 Å². The fraction of sp³-hybridized carbons (Fsp3) is 0.480. The Morgan fingerprint density at radius 2 is 2.00 bits per heavy atom. The average molecular weight is 512 g/mol. The highest BCUT2D eigenvalue weighted by atomic mass is 35.5. The molecular formula is C25H30ClN7O3. The second-order valence-electron chi connectivity index (χ2n) is 10.3. The smallest absolute Gasteiger partial charge is 0.410 e. The third kappa shape index (κ3) is 4.69. The fourth-order valence-electron chi connectivity index (χ4n) is 4.60. The molecule has 1 saturated carbocycles. The van der Waals surface area contributed by atoms with Gasteiger partial charge < -0.3 is 19.4 Å². The van der Waals surface area contributed by atoms with Gasteiger partial charge in [-0.1, -0.05) is 11.6 Å². The first-order valence-electron chi connectivity index (χ1n) is 12.1. The molecule has 1 aliphatic carbocycles. The second-order valence-corrected chi connectivity index (χ2v) is 10.8. The zero-order chi connectivity index (χ0) is 25.6. The van der Waals surface area contributed by atoms with Gasteiger partial charge in [-0.2, -0.15) is 0 Å². The van der Waals surface area contributed by atoms with Crippen molar-refractivity contribution >= 4 is 46.6 Å². The molecule has 1 aliphatic heterocycles. The summed E-state index contributed by atoms with van der Waals surface area (Å²) >= 11 is 6.25. The molecule has 2 fully saturated rings. The third-order valence-corrected chi connectivity index (χ3v) is 6.62. The Kier molecular flexibility index (Phi) is 6.23. The number of rotatable bonds is 5. The van der Waals surface area contributed by atoms with Gasteiger partial charge in [0.1, 0.15) is 23.6 Å². The molecule has 1 atom stereocenters. The van der Waals surface area contributed by atoms with Crippen LogP contribution in [0.1, 0.15) is 40.5 Å². The van der Waals surface area contributed by atoms with Crippen molar-refractivity contribution in [2.45, 2.75) is 58.2 Å². The maximum Gasteiger partial charge on any atom is 0.410 e. The summed E-state index contributed by atoms with van der Waals surface area (Å²) in [6, 6.07) is 3.60. The molecule has 2 aliphatic rings. The summed E-state index contributed by atoms with van der Waals surface area (Å²) in [5.74, 6) is 1.33. The van der Waals surface area contributed by atoms with E-state index in [0.29, 0.717) is 36.1 Å². The lowest BCUT2D eigenvalue weighted by Crippen LogP contribution is -2.54. The molecule has 11 heteroatoms. The van der Waals surface area contributed by atoms with E-state index < -0.39 is 5.60 Å². The average Bonchev–Trinajstić information content (AvgIpc) is 3.58. The minimum absolute atomic E-state index is 0.0320. The summed E-state index contributed by atoms with van der Waals surface area (Å²) in [5, 5.41) is 1.33. The van der Waals surface area contributed by atoms with Gasteiger partial charge >= 0.3 is 6.09 Å². The topological polar surface area (TPSA) is 96.7 Å². The standard InChI is InChI=1S/C25H30ClN7O3/c1-16-12-30(24(35)36-25(2,3)4)9-10-31(16)22-21-19(33(15-34)18-5-6-18)13-32(23(21)29-14-28-22)20-11-17(26)7-8-27-20/h7-8,11,13-16,18H,5-6,9-10,12H2,1-4H3/t16-/m0/s1. The van der Waals surface area contributed by atoms with Gasteiger partial charge in [-0.05, 0) is 46.6 Å². The fourth-order valence-corrected chi connectivity index (χ4v) is 4.75. The van der Waals surface area contributed by atoms with Crippen molar-refractivity contribution in [1.82, 2.24) is 24.4 Å². The molecule has 36 heavy (non-hydrogen) atoms. The van der Waals surface area contributed by atoms with Crippen LogP contribution in [0.2, 0.25) is 5.02 Å². The Morgan fingerprint density at radius 1 is 1.22 bits per heavy atom. The normalized spacial score (nSPS) is 18.4. The Hall–Kier alpha value is -3.40. The van der Waals surface area contributed by atoms with Gasteiger partial charge in [-0.25, -0.2) is 19.7 Å². The van der Waals surface area contributed by atoms with Crippen LogP contribution < -0.4 is 9.80 Å². The van der Waals surface area contributed by atoms with Gasteiger partial charge in [0.05, 0.1) is 11.1 Å². The number of hydrogen-bond acceptors (Lipinski definition) is 7. The highest BCUT2D eigenvalue weighted by Gasteiger charge is 2.35. The first-order chi connectivity index (χ1) is 17.2. The SMILES string of the molecule is C[C@H]1CN(C(=O)OC(C)(C)C)CCN1c1ncnc2c1c(N(C=O)C1CC1)cn2-c1cc(Cl)ccn1. The summed E-state index contributed by atoms with van der Waals surface area (Å²) in [6.45, 7) is 9.20. The summed E-state index contributed by atoms with van der Waals surface area (Å²) < 4.78 is 7.42. The van der Waals surface area contributed by atoms with Crippen LogP contribution in [-0.2, 0) is 9.53 Å². The van der Waals surface area contributed by atoms with Crippen LogP contribution in [0.4, 0.5) is 16.3 Å². The second kappa shape index (κ2) is 9.24. The maximum atomic E-state index is 12.7. The molecule has 4 heterocycles. The molecule has 10 nitrogen and oxygen atoms in total. The van der Waals surface area contributed by atoms with Crippen molar-refractivity contribution in [2.24, 2.45) is 0 Å². The summed E-state index contributed by atoms with van der Waals surface area (Å²) in [7, 11) is 0. The number of anilines is 2. The molecule has 5 rings (SSSR count). The largest absolute Gasteiger partial charge is 0.444 e. The van der Waals surface area contributed by atoms with E-state index in [9.17, 15) is 9.59 Å². The van der Waals surface area contributed by atoms with Crippen LogP contribution in [0.25, 0.3) is 16.9 Å². The zero-order valence-corrected chi connectivity index (χ0v) is 21.6. The molecule has 0 aromatic carbocycles. The van der Waals surface area contributed by atoms with Crippen LogP contribution in [0.5, 0.6) is 0 Å². The summed E-state index contributed by atoms with van der Waals surface area (Å²) in [5.41, 5.74) is 0.824. The first-order valence-corrected chi connectivity index (χ1v) is 12.5. The predicted octanol–water partition coefficient (Wildman–Crippen LogP) is 4.04. The van der Waals surface area contributed by atoms with Crippen molar-refractivity contribution in [2.75, 3.05) is 29.4 Å². The van der Waals surface area contributed by atoms with E-state index in [0.717, 1.165) is 36.1 Å². The van der Waals surface area contributed by atoms with Crippen molar-refractivity contribution in [3.8, 4) is 5.82 Å². The van der Waals surface area contributed by atoms with Crippen molar-refractivity contribution in [1.29, 1.82) is 0 Å². The molecule has 0 spiro atoms. The number of carbonyl (C=O) groups excluding carboxylic acids is 2. The molecule has 3 aromatic heterocycles. The highest BCUT2D eigenvalue weighted by Crippen LogP contribution is 2.40. The van der Waals surface area contributed by atoms with E-state index in [1.54, 1.807) is 28.1 Å². The van der Waals surface area contributed by atoms with E-state index in [4.69, 9.17) is 16.3 Å². The van der Waals surface area contributed by atoms with Crippen molar-refractivity contribution < 1.29 is 14.3 Å². The monoisotopic (exact) mass is 511 g/mol. The van der Waals surface area contributed by atoms with E-state index in [1.807, 2.05) is 31.5 Å². The number of nitrogens with zero attached hydrogens (tertiary/aromatic N) is 7. The Balaban J connectivity index is 1.56. The number of amides is 2. The number of pyridine rings is 1. The number of fused-ring (bicyclic) bond motifs is 1. The molecule has 1 saturated heterocycles. The first kappa shape index (κ1) is 24.3. The van der Waals surface area contributed by atoms with Crippen molar-refractivity contribution in [3.05, 3.63) is 35.9 Å². The molecule has 0 bridgehead atoms. The van der Waals surface area contributed by atoms with Crippen LogP contribution in [0.15, 0.2) is 30.9 Å². The summed E-state index contributed by atoms with van der Waals surface area (Å²) in [6.07, 6.45) is 7.52. The van der Waals surface area contributed by atoms with E-state index >= 15 is 0 Å². The van der Waals surface area contributed by atoms with Crippen LogP contribution in [-0.4, -0.2) is 74.2 Å². The number of ether oxygens (including phenoxy) is 1. The van der Waals surface area contributed by atoms with Gasteiger partial charge in [-0.15, -0.1) is 0 Å². The van der Waals surface area contributed by atoms with Gasteiger partial charge in [0.2, 0.25) is 6.41 Å². The molecule has 0 unspecified atom stereocenters. The lowest BCUT2D eigenvalue weighted by atomic mass is 10.1. The van der Waals surface area contributed by atoms with E-state index in [2.05, 4.69) is 26.8 Å². The van der Waals surface area contributed by atoms with Gasteiger partial charge in [0.25, 0.3) is 0 Å². The lowest BCUT2D eigenvalue weighted by molar-refractivity contribution is -0.107. The molecular weight excluding hydrogens is 482 g/mol. The summed E-state index contributed by atoms with van der Waals surface area (Å²) in [4.78, 5) is 44.2. The zero-order valence-electron chi connectivity index (χ0n) is 20.9. The number of hydrogen-bond donors (Lipinski definition) is 0. The van der Waals surface area contributed by atoms with E-state index in [1.165, 1.54) is 6.33 Å². The minimum Gasteiger partial charge on any atom is -0.444 e. The minimum atomic E-state index is -0.552. The molecule has 0 N–H and O–H groups in total. The van der Waals surface area contributed by atoms with Crippen LogP contribution >= 0.6 is 11.6 Å². The van der Waals surface area contributed by atoms with Crippen molar-refractivity contribution in [3.63, 3.8) is 0 Å². The number of carbonyl (C=O) groups is 2. The highest BCUT2D eigenvalue weighted by molar-refractivity contribution is 6.30. The van der Waals surface area contributed by atoms with Gasteiger partial charge in [0, 0.05) is 55.2 Å². The number of halogens is 1. The number of aromatic nitrogens is 4. The third-order valence-electron chi connectivity index (χ3n) is 6.38. The lowest BCUT2D eigenvalue weighted by Gasteiger charge is -2.41. The Morgan fingerprint density at radius 3 is 2.64 bits per heavy atom. The van der Waals surface area contributed by atoms with Gasteiger partial charge in [0.15, 0.2) is 5.65 Å². The van der Waals surface area contributed by atoms with Crippen LogP contribution in [0.3, 0.4) is 0 Å². The molecule has 190 valence electrons. The Labute approximate surface area is 214 Å². The molecule has 0 radical (unpaired) electrons.